The van der Waals surface area contributed by atoms with E-state index in [2.05, 4.69) is 5.32 Å². The SMILES string of the molecule is COCCC(=O)Nc1cc(N)cc(F)c1. The van der Waals surface area contributed by atoms with E-state index in [-0.39, 0.29) is 18.0 Å². The second-order valence-corrected chi connectivity index (χ2v) is 3.06. The first-order chi connectivity index (χ1) is 7.11. The van der Waals surface area contributed by atoms with Gasteiger partial charge in [-0.25, -0.2) is 4.39 Å². The number of nitrogens with two attached hydrogens (primary N) is 1. The van der Waals surface area contributed by atoms with Crippen LogP contribution in [0.15, 0.2) is 18.2 Å². The Morgan fingerprint density at radius 3 is 2.87 bits per heavy atom. The number of anilines is 2. The summed E-state index contributed by atoms with van der Waals surface area (Å²) in [6, 6.07) is 3.89. The number of rotatable bonds is 4. The summed E-state index contributed by atoms with van der Waals surface area (Å²) in [4.78, 5) is 11.2. The van der Waals surface area contributed by atoms with Crippen molar-refractivity contribution in [2.45, 2.75) is 6.42 Å². The lowest BCUT2D eigenvalue weighted by atomic mass is 10.2. The summed E-state index contributed by atoms with van der Waals surface area (Å²) in [6.07, 6.45) is 0.229. The van der Waals surface area contributed by atoms with E-state index in [0.29, 0.717) is 12.3 Å². The Hall–Kier alpha value is -1.62. The van der Waals surface area contributed by atoms with Crippen molar-refractivity contribution in [2.24, 2.45) is 0 Å². The van der Waals surface area contributed by atoms with Crippen LogP contribution in [0.5, 0.6) is 0 Å². The van der Waals surface area contributed by atoms with Gasteiger partial charge < -0.3 is 15.8 Å². The summed E-state index contributed by atoms with van der Waals surface area (Å²) < 4.78 is 17.6. The zero-order chi connectivity index (χ0) is 11.3. The highest BCUT2D eigenvalue weighted by Gasteiger charge is 2.03. The van der Waals surface area contributed by atoms with Gasteiger partial charge in [0.15, 0.2) is 0 Å². The van der Waals surface area contributed by atoms with Gasteiger partial charge in [0.1, 0.15) is 5.82 Å². The van der Waals surface area contributed by atoms with Crippen molar-refractivity contribution in [3.8, 4) is 0 Å². The third-order valence-electron chi connectivity index (χ3n) is 1.74. The highest BCUT2D eigenvalue weighted by molar-refractivity contribution is 5.91. The summed E-state index contributed by atoms with van der Waals surface area (Å²) in [5.74, 6) is -0.709. The van der Waals surface area contributed by atoms with E-state index in [9.17, 15) is 9.18 Å². The lowest BCUT2D eigenvalue weighted by molar-refractivity contribution is -0.117. The van der Waals surface area contributed by atoms with Crippen LogP contribution in [0.3, 0.4) is 0 Å². The van der Waals surface area contributed by atoms with Crippen LogP contribution in [-0.4, -0.2) is 19.6 Å². The minimum Gasteiger partial charge on any atom is -0.399 e. The maximum Gasteiger partial charge on any atom is 0.226 e. The molecule has 0 aliphatic carbocycles. The molecule has 0 bridgehead atoms. The van der Waals surface area contributed by atoms with Crippen LogP contribution in [0.2, 0.25) is 0 Å². The molecule has 0 radical (unpaired) electrons. The van der Waals surface area contributed by atoms with E-state index in [1.54, 1.807) is 0 Å². The molecule has 5 heteroatoms. The summed E-state index contributed by atoms with van der Waals surface area (Å²) in [5.41, 5.74) is 6.05. The van der Waals surface area contributed by atoms with Crippen LogP contribution in [0.25, 0.3) is 0 Å². The quantitative estimate of drug-likeness (QED) is 0.741. The second kappa shape index (κ2) is 5.31. The predicted octanol–water partition coefficient (Wildman–Crippen LogP) is 1.38. The molecule has 1 amide bonds. The third-order valence-corrected chi connectivity index (χ3v) is 1.74. The monoisotopic (exact) mass is 212 g/mol. The number of carbonyl (C=O) groups excluding carboxylic acids is 1. The molecule has 0 aliphatic heterocycles. The molecule has 0 aromatic heterocycles. The number of halogens is 1. The standard InChI is InChI=1S/C10H13FN2O2/c1-15-3-2-10(14)13-9-5-7(11)4-8(12)6-9/h4-6H,2-3,12H2,1H3,(H,13,14). The van der Waals surface area contributed by atoms with E-state index in [4.69, 9.17) is 10.5 Å². The average molecular weight is 212 g/mol. The number of nitrogen functional groups attached to an aromatic ring is 1. The van der Waals surface area contributed by atoms with Crippen molar-refractivity contribution in [3.05, 3.63) is 24.0 Å². The molecule has 0 aliphatic rings. The molecule has 1 rings (SSSR count). The molecular weight excluding hydrogens is 199 g/mol. The topological polar surface area (TPSA) is 64.3 Å². The molecule has 1 aromatic carbocycles. The third kappa shape index (κ3) is 3.95. The summed E-state index contributed by atoms with van der Waals surface area (Å²) in [7, 11) is 1.51. The molecule has 0 unspecified atom stereocenters. The summed E-state index contributed by atoms with van der Waals surface area (Å²) >= 11 is 0. The molecule has 0 saturated carbocycles. The Labute approximate surface area is 87.2 Å². The van der Waals surface area contributed by atoms with Crippen molar-refractivity contribution < 1.29 is 13.9 Å². The Morgan fingerprint density at radius 2 is 2.27 bits per heavy atom. The van der Waals surface area contributed by atoms with Gasteiger partial charge in [-0.1, -0.05) is 0 Å². The molecule has 0 heterocycles. The number of hydrogen-bond acceptors (Lipinski definition) is 3. The van der Waals surface area contributed by atoms with E-state index >= 15 is 0 Å². The Balaban J connectivity index is 2.60. The zero-order valence-corrected chi connectivity index (χ0v) is 8.42. The largest absolute Gasteiger partial charge is 0.399 e. The molecule has 0 fully saturated rings. The number of benzene rings is 1. The Kier molecular flexibility index (Phi) is 4.05. The molecular formula is C10H13FN2O2. The van der Waals surface area contributed by atoms with Crippen LogP contribution >= 0.6 is 0 Å². The van der Waals surface area contributed by atoms with Crippen molar-refractivity contribution in [3.63, 3.8) is 0 Å². The predicted molar refractivity (Wildman–Crippen MR) is 55.9 cm³/mol. The molecule has 4 nitrogen and oxygen atoms in total. The molecule has 0 spiro atoms. The number of carbonyl (C=O) groups is 1. The average Bonchev–Trinajstić information content (AvgIpc) is 2.13. The van der Waals surface area contributed by atoms with Gasteiger partial charge in [-0.15, -0.1) is 0 Å². The minimum absolute atomic E-state index is 0.229. The van der Waals surface area contributed by atoms with E-state index in [1.165, 1.54) is 25.3 Å². The molecule has 15 heavy (non-hydrogen) atoms. The van der Waals surface area contributed by atoms with Gasteiger partial charge in [0.2, 0.25) is 5.91 Å². The fraction of sp³-hybridized carbons (Fsp3) is 0.300. The number of methoxy groups -OCH3 is 1. The van der Waals surface area contributed by atoms with Gasteiger partial charge in [-0.05, 0) is 18.2 Å². The highest BCUT2D eigenvalue weighted by Crippen LogP contribution is 2.15. The van der Waals surface area contributed by atoms with E-state index in [1.807, 2.05) is 0 Å². The second-order valence-electron chi connectivity index (χ2n) is 3.06. The van der Waals surface area contributed by atoms with Crippen LogP contribution in [0.1, 0.15) is 6.42 Å². The lowest BCUT2D eigenvalue weighted by Gasteiger charge is -2.05. The number of ether oxygens (including phenoxy) is 1. The maximum atomic E-state index is 12.9. The van der Waals surface area contributed by atoms with Crippen molar-refractivity contribution in [2.75, 3.05) is 24.8 Å². The number of hydrogen-bond donors (Lipinski definition) is 2. The van der Waals surface area contributed by atoms with Crippen molar-refractivity contribution in [1.82, 2.24) is 0 Å². The van der Waals surface area contributed by atoms with Gasteiger partial charge in [0.05, 0.1) is 13.0 Å². The van der Waals surface area contributed by atoms with Crippen LogP contribution in [0.4, 0.5) is 15.8 Å². The minimum atomic E-state index is -0.475. The fourth-order valence-corrected chi connectivity index (χ4v) is 1.10. The number of nitrogens with one attached hydrogen (secondary N) is 1. The van der Waals surface area contributed by atoms with Crippen molar-refractivity contribution in [1.29, 1.82) is 0 Å². The first kappa shape index (κ1) is 11.5. The van der Waals surface area contributed by atoms with Crippen LogP contribution < -0.4 is 11.1 Å². The number of amides is 1. The van der Waals surface area contributed by atoms with Crippen LogP contribution in [0, 0.1) is 5.82 Å². The fourth-order valence-electron chi connectivity index (χ4n) is 1.10. The smallest absolute Gasteiger partial charge is 0.226 e. The summed E-state index contributed by atoms with van der Waals surface area (Å²) in [6.45, 7) is 0.330. The van der Waals surface area contributed by atoms with E-state index < -0.39 is 5.82 Å². The highest BCUT2D eigenvalue weighted by atomic mass is 19.1. The van der Waals surface area contributed by atoms with E-state index in [0.717, 1.165) is 0 Å². The lowest BCUT2D eigenvalue weighted by Crippen LogP contribution is -2.13. The Morgan fingerprint density at radius 1 is 1.53 bits per heavy atom. The molecule has 3 N–H and O–H groups in total. The van der Waals surface area contributed by atoms with Gasteiger partial charge in [0, 0.05) is 18.5 Å². The van der Waals surface area contributed by atoms with Gasteiger partial charge in [-0.3, -0.25) is 4.79 Å². The first-order valence-electron chi connectivity index (χ1n) is 4.46. The maximum absolute atomic E-state index is 12.9. The summed E-state index contributed by atoms with van der Waals surface area (Å²) in [5, 5.41) is 2.52. The molecule has 0 atom stereocenters. The molecule has 1 aromatic rings. The Bertz CT molecular complexity index is 335. The van der Waals surface area contributed by atoms with Crippen molar-refractivity contribution >= 4 is 17.3 Å². The first-order valence-corrected chi connectivity index (χ1v) is 4.46. The van der Waals surface area contributed by atoms with Gasteiger partial charge in [-0.2, -0.15) is 0 Å². The van der Waals surface area contributed by atoms with Gasteiger partial charge in [0.25, 0.3) is 0 Å². The van der Waals surface area contributed by atoms with Gasteiger partial charge >= 0.3 is 0 Å². The molecule has 82 valence electrons. The molecule has 0 saturated heterocycles. The van der Waals surface area contributed by atoms with Crippen LogP contribution in [-0.2, 0) is 9.53 Å². The zero-order valence-electron chi connectivity index (χ0n) is 8.42. The normalized spacial score (nSPS) is 10.0.